The Labute approximate surface area is 210 Å². The zero-order chi connectivity index (χ0) is 23.0. The minimum atomic E-state index is 0.0274. The van der Waals surface area contributed by atoms with Crippen LogP contribution in [0.3, 0.4) is 0 Å². The van der Waals surface area contributed by atoms with Gasteiger partial charge in [-0.3, -0.25) is 0 Å². The molecular weight excluding hydrogens is 472 g/mol. The number of hydrogen-bond donors (Lipinski definition) is 0. The summed E-state index contributed by atoms with van der Waals surface area (Å²) < 4.78 is 10.9. The van der Waals surface area contributed by atoms with Crippen molar-refractivity contribution in [1.82, 2.24) is 13.9 Å². The van der Waals surface area contributed by atoms with Gasteiger partial charge in [0, 0.05) is 48.1 Å². The Kier molecular flexibility index (Phi) is 8.67. The van der Waals surface area contributed by atoms with Gasteiger partial charge in [0.05, 0.1) is 18.9 Å². The van der Waals surface area contributed by atoms with Crippen LogP contribution in [0, 0.1) is 0 Å². The van der Waals surface area contributed by atoms with E-state index in [-0.39, 0.29) is 12.1 Å². The highest BCUT2D eigenvalue weighted by molar-refractivity contribution is 7.96. The summed E-state index contributed by atoms with van der Waals surface area (Å²) in [7, 11) is 0. The molecule has 0 radical (unpaired) electrons. The minimum absolute atomic E-state index is 0.0274. The molecule has 1 aliphatic heterocycles. The predicted octanol–water partition coefficient (Wildman–Crippen LogP) is 5.39. The molecule has 2 aromatic carbocycles. The van der Waals surface area contributed by atoms with Crippen LogP contribution in [0.15, 0.2) is 67.3 Å². The summed E-state index contributed by atoms with van der Waals surface area (Å²) in [6.45, 7) is 3.68. The molecule has 0 bridgehead atoms. The molecule has 8 heteroatoms. The number of halogens is 1. The fourth-order valence-corrected chi connectivity index (χ4v) is 5.02. The highest BCUT2D eigenvalue weighted by Crippen LogP contribution is 2.26. The molecule has 5 nitrogen and oxygen atoms in total. The van der Waals surface area contributed by atoms with Crippen LogP contribution in [0.2, 0.25) is 5.02 Å². The third-order valence-corrected chi connectivity index (χ3v) is 7.32. The number of anilines is 1. The lowest BCUT2D eigenvalue weighted by molar-refractivity contribution is 0.170. The first-order chi connectivity index (χ1) is 16.1. The summed E-state index contributed by atoms with van der Waals surface area (Å²) >= 11 is 13.1. The molecule has 0 amide bonds. The highest BCUT2D eigenvalue weighted by atomic mass is 35.5. The van der Waals surface area contributed by atoms with Crippen LogP contribution in [0.1, 0.15) is 12.0 Å². The summed E-state index contributed by atoms with van der Waals surface area (Å²) in [4.78, 5) is 6.55. The van der Waals surface area contributed by atoms with Gasteiger partial charge in [0.25, 0.3) is 0 Å². The van der Waals surface area contributed by atoms with Crippen LogP contribution < -0.4 is 9.64 Å². The number of thiocarbonyl (C=S) groups is 1. The topological polar surface area (TPSA) is 33.5 Å². The summed E-state index contributed by atoms with van der Waals surface area (Å²) in [6, 6.07) is 16.7. The van der Waals surface area contributed by atoms with Crippen LogP contribution in [0.25, 0.3) is 0 Å². The molecule has 2 atom stereocenters. The summed E-state index contributed by atoms with van der Waals surface area (Å²) in [5.74, 6) is 0.877. The van der Waals surface area contributed by atoms with Crippen LogP contribution in [0.4, 0.5) is 5.69 Å². The molecule has 2 heterocycles. The van der Waals surface area contributed by atoms with Gasteiger partial charge in [-0.15, -0.1) is 0 Å². The third-order valence-electron chi connectivity index (χ3n) is 5.91. The van der Waals surface area contributed by atoms with E-state index in [1.807, 2.05) is 30.0 Å². The van der Waals surface area contributed by atoms with E-state index in [0.717, 1.165) is 49.8 Å². The lowest BCUT2D eigenvalue weighted by atomic mass is 10.1. The van der Waals surface area contributed by atoms with Gasteiger partial charge in [0.2, 0.25) is 0 Å². The molecule has 0 spiro atoms. The van der Waals surface area contributed by atoms with E-state index in [2.05, 4.69) is 61.4 Å². The molecule has 174 valence electrons. The SMILES string of the molecule is CSN1CCN(c2ccc(OC(CCc3ccc(Cl)cc3)Cn3ccnc3)cc2)C(C=S)C1. The molecule has 0 aliphatic carbocycles. The van der Waals surface area contributed by atoms with Crippen LogP contribution in [0.5, 0.6) is 5.75 Å². The maximum Gasteiger partial charge on any atom is 0.119 e. The van der Waals surface area contributed by atoms with E-state index >= 15 is 0 Å². The van der Waals surface area contributed by atoms with Crippen molar-refractivity contribution in [3.8, 4) is 5.75 Å². The molecule has 2 unspecified atom stereocenters. The fraction of sp³-hybridized carbons (Fsp3) is 0.360. The number of imidazole rings is 1. The van der Waals surface area contributed by atoms with Crippen molar-refractivity contribution in [2.75, 3.05) is 30.8 Å². The number of hydrogen-bond acceptors (Lipinski definition) is 6. The number of aryl methyl sites for hydroxylation is 1. The normalized spacial score (nSPS) is 17.6. The summed E-state index contributed by atoms with van der Waals surface area (Å²) in [5, 5.41) is 2.64. The first-order valence-electron chi connectivity index (χ1n) is 11.1. The van der Waals surface area contributed by atoms with Gasteiger partial charge in [-0.05, 0) is 61.1 Å². The Bertz CT molecular complexity index is 998. The van der Waals surface area contributed by atoms with Gasteiger partial charge in [-0.1, -0.05) is 47.9 Å². The molecule has 0 N–H and O–H groups in total. The second kappa shape index (κ2) is 11.9. The van der Waals surface area contributed by atoms with Crippen molar-refractivity contribution in [3.63, 3.8) is 0 Å². The number of nitrogens with zero attached hydrogens (tertiary/aromatic N) is 4. The van der Waals surface area contributed by atoms with E-state index in [9.17, 15) is 0 Å². The average molecular weight is 501 g/mol. The highest BCUT2D eigenvalue weighted by Gasteiger charge is 2.25. The first kappa shape index (κ1) is 24.1. The van der Waals surface area contributed by atoms with E-state index < -0.39 is 0 Å². The van der Waals surface area contributed by atoms with Gasteiger partial charge in [0.1, 0.15) is 11.9 Å². The van der Waals surface area contributed by atoms with Crippen LogP contribution in [-0.2, 0) is 13.0 Å². The number of benzene rings is 2. The predicted molar refractivity (Wildman–Crippen MR) is 143 cm³/mol. The van der Waals surface area contributed by atoms with E-state index in [4.69, 9.17) is 28.6 Å². The summed E-state index contributed by atoms with van der Waals surface area (Å²) in [5.41, 5.74) is 2.44. The smallest absolute Gasteiger partial charge is 0.119 e. The summed E-state index contributed by atoms with van der Waals surface area (Å²) in [6.07, 6.45) is 9.57. The quantitative estimate of drug-likeness (QED) is 0.274. The zero-order valence-electron chi connectivity index (χ0n) is 18.7. The average Bonchev–Trinajstić information content (AvgIpc) is 3.37. The van der Waals surface area contributed by atoms with Crippen molar-refractivity contribution in [2.24, 2.45) is 0 Å². The first-order valence-corrected chi connectivity index (χ1v) is 13.2. The number of ether oxygens (including phenoxy) is 1. The van der Waals surface area contributed by atoms with Gasteiger partial charge >= 0.3 is 0 Å². The van der Waals surface area contributed by atoms with Crippen molar-refractivity contribution in [2.45, 2.75) is 31.5 Å². The van der Waals surface area contributed by atoms with Gasteiger partial charge < -0.3 is 14.2 Å². The second-order valence-electron chi connectivity index (χ2n) is 8.13. The monoisotopic (exact) mass is 500 g/mol. The van der Waals surface area contributed by atoms with E-state index in [0.29, 0.717) is 0 Å². The number of rotatable bonds is 10. The van der Waals surface area contributed by atoms with Crippen molar-refractivity contribution >= 4 is 46.8 Å². The number of piperazine rings is 1. The molecule has 1 saturated heterocycles. The minimum Gasteiger partial charge on any atom is -0.489 e. The fourth-order valence-electron chi connectivity index (χ4n) is 4.09. The molecule has 1 aliphatic rings. The Morgan fingerprint density at radius 1 is 1.18 bits per heavy atom. The molecule has 33 heavy (non-hydrogen) atoms. The van der Waals surface area contributed by atoms with Gasteiger partial charge in [-0.2, -0.15) is 0 Å². The molecule has 0 saturated carbocycles. The Morgan fingerprint density at radius 2 is 1.97 bits per heavy atom. The molecule has 3 aromatic rings. The third kappa shape index (κ3) is 6.73. The standard InChI is InChI=1S/C25H29ClN4OS2/c1-33-29-14-15-30(23(16-29)18-32)22-7-10-24(11-8-22)31-25(17-28-13-12-27-19-28)9-4-20-2-5-21(26)6-3-20/h2-3,5-8,10-13,18-19,23,25H,4,9,14-17H2,1H3. The Hall–Kier alpha value is -2.06. The molecular formula is C25H29ClN4OS2. The molecule has 4 rings (SSSR count). The lowest BCUT2D eigenvalue weighted by Crippen LogP contribution is -2.51. The molecule has 1 fully saturated rings. The van der Waals surface area contributed by atoms with Crippen molar-refractivity contribution in [3.05, 3.63) is 77.8 Å². The zero-order valence-corrected chi connectivity index (χ0v) is 21.1. The number of aromatic nitrogens is 2. The second-order valence-corrected chi connectivity index (χ2v) is 9.72. The maximum atomic E-state index is 6.43. The maximum absolute atomic E-state index is 6.43. The van der Waals surface area contributed by atoms with Gasteiger partial charge in [0.15, 0.2) is 0 Å². The van der Waals surface area contributed by atoms with Crippen molar-refractivity contribution < 1.29 is 4.74 Å². The Balaban J connectivity index is 1.42. The van der Waals surface area contributed by atoms with Gasteiger partial charge in [-0.25, -0.2) is 9.29 Å². The lowest BCUT2D eigenvalue weighted by Gasteiger charge is -2.40. The van der Waals surface area contributed by atoms with Crippen LogP contribution >= 0.6 is 35.8 Å². The Morgan fingerprint density at radius 3 is 2.64 bits per heavy atom. The van der Waals surface area contributed by atoms with E-state index in [1.54, 1.807) is 18.1 Å². The van der Waals surface area contributed by atoms with E-state index in [1.165, 1.54) is 11.3 Å². The largest absolute Gasteiger partial charge is 0.489 e. The molecule has 1 aromatic heterocycles. The van der Waals surface area contributed by atoms with Crippen LogP contribution in [-0.4, -0.2) is 57.3 Å². The van der Waals surface area contributed by atoms with Crippen molar-refractivity contribution in [1.29, 1.82) is 0 Å².